The van der Waals surface area contributed by atoms with Crippen LogP contribution in [0.5, 0.6) is 0 Å². The zero-order valence-electron chi connectivity index (χ0n) is 28.5. The van der Waals surface area contributed by atoms with Crippen molar-refractivity contribution in [3.8, 4) is 11.1 Å². The average Bonchev–Trinajstić information content (AvgIpc) is 3.43. The smallest absolute Gasteiger partial charge is 1.00 e. The summed E-state index contributed by atoms with van der Waals surface area (Å²) in [6.45, 7) is 6.87. The summed E-state index contributed by atoms with van der Waals surface area (Å²) in [6.07, 6.45) is 10.8. The van der Waals surface area contributed by atoms with Crippen molar-refractivity contribution < 1.29 is 57.7 Å². The largest absolute Gasteiger partial charge is 1.00 e. The molecule has 1 aliphatic carbocycles. The molecule has 48 heavy (non-hydrogen) atoms. The standard InChI is InChI=1S/C43H47Si.3ClH.Ti/c1-4-7-14-33-21-27-36(28-22-33)44(37-29-23-34(24-30-37)15-8-5-2,38-31-25-35(26-32-38)16-9-6-3)43-41-19-12-10-17-39(41)40-18-11-13-20-42(40)43;;;;/h10-13,17-19,21-32,43H,4-9,14-16H2,1-3H3;3*1H;/q;;;;+3/p-3. The van der Waals surface area contributed by atoms with Gasteiger partial charge in [0.25, 0.3) is 0 Å². The Morgan fingerprint density at radius 2 is 0.875 bits per heavy atom. The Morgan fingerprint density at radius 3 is 1.29 bits per heavy atom. The Bertz CT molecular complexity index is 1590. The molecule has 0 N–H and O–H groups in total. The van der Waals surface area contributed by atoms with Crippen molar-refractivity contribution in [2.24, 2.45) is 0 Å². The predicted molar refractivity (Wildman–Crippen MR) is 193 cm³/mol. The van der Waals surface area contributed by atoms with E-state index in [4.69, 9.17) is 0 Å². The summed E-state index contributed by atoms with van der Waals surface area (Å²) in [5.74, 6) is 0. The third-order valence-electron chi connectivity index (χ3n) is 10.1. The van der Waals surface area contributed by atoms with Crippen LogP contribution in [0.2, 0.25) is 0 Å². The minimum atomic E-state index is -2.69. The predicted octanol–water partition coefficient (Wildman–Crippen LogP) is -0.280. The van der Waals surface area contributed by atoms with E-state index in [9.17, 15) is 0 Å². The molecule has 0 bridgehead atoms. The second-order valence-corrected chi connectivity index (χ2v) is 17.8. The van der Waals surface area contributed by atoms with Gasteiger partial charge in [-0.1, -0.05) is 0 Å². The van der Waals surface area contributed by atoms with Crippen molar-refractivity contribution >= 4 is 27.5 Å². The van der Waals surface area contributed by atoms with E-state index in [1.165, 1.54) is 96.9 Å². The van der Waals surface area contributed by atoms with Gasteiger partial charge in [-0.25, -0.2) is 0 Å². The molecule has 1 unspecified atom stereocenters. The molecule has 0 saturated heterocycles. The number of hydrogen-bond donors (Lipinski definition) is 0. The maximum Gasteiger partial charge on any atom is -1.00 e. The van der Waals surface area contributed by atoms with Crippen LogP contribution in [0.15, 0.2) is 115 Å². The van der Waals surface area contributed by atoms with E-state index >= 15 is 0 Å². The van der Waals surface area contributed by atoms with Gasteiger partial charge in [0, 0.05) is 0 Å². The number of fused-ring (bicyclic) bond motifs is 3. The van der Waals surface area contributed by atoms with Gasteiger partial charge in [-0.05, 0) is 0 Å². The molecule has 1 aliphatic rings. The maximum absolute atomic E-state index is 2.69. The first-order chi connectivity index (χ1) is 22.1. The number of rotatable bonds is 13. The molecule has 0 heterocycles. The summed E-state index contributed by atoms with van der Waals surface area (Å²) in [5.41, 5.74) is 10.5. The van der Waals surface area contributed by atoms with Gasteiger partial charge in [0.15, 0.2) is 0 Å². The average molecular weight is 746 g/mol. The van der Waals surface area contributed by atoms with Crippen LogP contribution in [0.3, 0.4) is 0 Å². The summed E-state index contributed by atoms with van der Waals surface area (Å²) in [4.78, 5) is 0. The normalized spacial score (nSPS) is 13.1. The van der Waals surface area contributed by atoms with E-state index in [1.54, 1.807) is 0 Å². The van der Waals surface area contributed by atoms with Gasteiger partial charge in [0.1, 0.15) is 0 Å². The second-order valence-electron chi connectivity index (χ2n) is 13.0. The van der Waals surface area contributed by atoms with E-state index in [1.807, 2.05) is 0 Å². The molecule has 0 nitrogen and oxygen atoms in total. The quantitative estimate of drug-likeness (QED) is 0.115. The third kappa shape index (κ3) is 7.94. The van der Waals surface area contributed by atoms with E-state index in [0.717, 1.165) is 19.3 Å². The summed E-state index contributed by atoms with van der Waals surface area (Å²) in [7, 11) is -2.69. The van der Waals surface area contributed by atoms with Crippen LogP contribution < -0.4 is 56.6 Å². The molecule has 0 spiro atoms. The maximum atomic E-state index is 2.52. The zero-order chi connectivity index (χ0) is 31.2. The molecule has 0 radical (unpaired) electrons. The molecule has 5 heteroatoms. The first-order valence-corrected chi connectivity index (χ1v) is 20.2. The van der Waals surface area contributed by atoms with Gasteiger partial charge in [0.2, 0.25) is 0 Å². The minimum absolute atomic E-state index is 0. The number of hydrogen-bond acceptors (Lipinski definition) is 0. The molecule has 5 aromatic rings. The molecule has 6 rings (SSSR count). The van der Waals surface area contributed by atoms with E-state index in [2.05, 4.69) is 156 Å². The zero-order valence-corrected chi connectivity index (χ0v) is 33.4. The Hall–Kier alpha value is -2.10. The molecule has 1 atom stereocenters. The molecule has 5 aromatic carbocycles. The molecular formula is C43H47Cl3SiTi. The van der Waals surface area contributed by atoms with Gasteiger partial charge < -0.3 is 37.2 Å². The molecule has 0 saturated carbocycles. The summed E-state index contributed by atoms with van der Waals surface area (Å²) < 4.78 is 1.41. The first kappa shape index (κ1) is 40.3. The van der Waals surface area contributed by atoms with Gasteiger partial charge in [-0.15, -0.1) is 0 Å². The van der Waals surface area contributed by atoms with Gasteiger partial charge in [-0.2, -0.15) is 0 Å². The minimum Gasteiger partial charge on any atom is -1.00 e. The fraction of sp³-hybridized carbons (Fsp3) is 0.302. The second kappa shape index (κ2) is 18.8. The molecule has 0 aliphatic heterocycles. The number of aryl methyl sites for hydroxylation is 3. The van der Waals surface area contributed by atoms with Crippen LogP contribution in [0.1, 0.15) is 92.7 Å². The number of benzene rings is 5. The van der Waals surface area contributed by atoms with Crippen molar-refractivity contribution in [2.45, 2.75) is 84.1 Å². The van der Waals surface area contributed by atoms with Crippen molar-refractivity contribution in [1.82, 2.24) is 0 Å². The van der Waals surface area contributed by atoms with Gasteiger partial charge >= 0.3 is 286 Å². The Labute approximate surface area is 321 Å². The molecule has 248 valence electrons. The summed E-state index contributed by atoms with van der Waals surface area (Å²) in [5, 5.41) is 4.55. The molecular weight excluding hydrogens is 699 g/mol. The molecule has 0 amide bonds. The van der Waals surface area contributed by atoms with E-state index in [0.29, 0.717) is 0 Å². The van der Waals surface area contributed by atoms with E-state index in [-0.39, 0.29) is 42.8 Å². The fourth-order valence-corrected chi connectivity index (χ4v) is 14.0. The van der Waals surface area contributed by atoms with Crippen LogP contribution in [0.4, 0.5) is 0 Å². The molecule has 0 aromatic heterocycles. The summed E-state index contributed by atoms with van der Waals surface area (Å²) in [6, 6.07) is 46.0. The Kier molecular flexibility index (Phi) is 15.8. The van der Waals surface area contributed by atoms with Gasteiger partial charge in [-0.3, -0.25) is 0 Å². The fourth-order valence-electron chi connectivity index (χ4n) is 7.66. The van der Waals surface area contributed by atoms with Crippen LogP contribution >= 0.6 is 0 Å². The van der Waals surface area contributed by atoms with Crippen LogP contribution in [-0.2, 0) is 39.7 Å². The van der Waals surface area contributed by atoms with Crippen molar-refractivity contribution in [3.63, 3.8) is 0 Å². The molecule has 0 fully saturated rings. The van der Waals surface area contributed by atoms with Crippen molar-refractivity contribution in [3.05, 3.63) is 143 Å². The Balaban J connectivity index is 0.00000208. The number of unbranched alkanes of at least 4 members (excludes halogenated alkanes) is 3. The Morgan fingerprint density at radius 1 is 0.479 bits per heavy atom. The van der Waals surface area contributed by atoms with Crippen molar-refractivity contribution in [1.29, 1.82) is 0 Å². The number of halogens is 3. The topological polar surface area (TPSA) is 0 Å². The van der Waals surface area contributed by atoms with Gasteiger partial charge in [0.05, 0.1) is 0 Å². The van der Waals surface area contributed by atoms with Crippen LogP contribution in [-0.4, -0.2) is 8.07 Å². The third-order valence-corrected chi connectivity index (χ3v) is 16.0. The monoisotopic (exact) mass is 744 g/mol. The van der Waals surface area contributed by atoms with Crippen LogP contribution in [0.25, 0.3) is 11.1 Å². The SMILES string of the molecule is CCCCc1ccc([Si](c2ccc(CCCC)cc2)(c2ccc(CCCC)cc2)C2c3ccccc3-c3ccc[c]([Ti+3])c32)cc1.[Cl-].[Cl-].[Cl-]. The van der Waals surface area contributed by atoms with Crippen molar-refractivity contribution in [2.75, 3.05) is 0 Å². The van der Waals surface area contributed by atoms with E-state index < -0.39 is 8.07 Å². The first-order valence-electron chi connectivity index (χ1n) is 17.3. The van der Waals surface area contributed by atoms with Crippen LogP contribution in [0, 0.1) is 0 Å². The summed E-state index contributed by atoms with van der Waals surface area (Å²) >= 11 is 2.34.